The molecule has 1 N–H and O–H groups in total. The molecule has 0 unspecified atom stereocenters. The van der Waals surface area contributed by atoms with E-state index in [1.54, 1.807) is 18.4 Å². The first kappa shape index (κ1) is 15.2. The number of hydrogen-bond acceptors (Lipinski definition) is 4. The standard InChI is InChI=1S/C15H17N3O2S2/c1-11(17-22(19,20)13-8-16-18(2)9-13)7-12-10-21-15-6-4-3-5-14(12)15/h3-6,8-11,17H,7H2,1-2H3/t11-/m1/s1. The number of nitrogens with one attached hydrogen (secondary N) is 1. The van der Waals surface area contributed by atoms with E-state index in [4.69, 9.17) is 0 Å². The Labute approximate surface area is 133 Å². The molecule has 3 rings (SSSR count). The van der Waals surface area contributed by atoms with E-state index >= 15 is 0 Å². The smallest absolute Gasteiger partial charge is 0.243 e. The van der Waals surface area contributed by atoms with E-state index in [9.17, 15) is 8.42 Å². The lowest BCUT2D eigenvalue weighted by atomic mass is 10.1. The van der Waals surface area contributed by atoms with Crippen LogP contribution >= 0.6 is 11.3 Å². The van der Waals surface area contributed by atoms with Crippen molar-refractivity contribution in [2.45, 2.75) is 24.3 Å². The topological polar surface area (TPSA) is 64.0 Å². The van der Waals surface area contributed by atoms with Gasteiger partial charge in [0.15, 0.2) is 0 Å². The maximum Gasteiger partial charge on any atom is 0.243 e. The quantitative estimate of drug-likeness (QED) is 0.779. The van der Waals surface area contributed by atoms with Gasteiger partial charge in [0.05, 0.1) is 6.20 Å². The molecule has 0 aliphatic heterocycles. The number of fused-ring (bicyclic) bond motifs is 1. The average Bonchev–Trinajstić information content (AvgIpc) is 3.06. The van der Waals surface area contributed by atoms with Crippen LogP contribution in [0.3, 0.4) is 0 Å². The highest BCUT2D eigenvalue weighted by molar-refractivity contribution is 7.89. The van der Waals surface area contributed by atoms with E-state index in [1.165, 1.54) is 32.7 Å². The molecule has 0 saturated carbocycles. The van der Waals surface area contributed by atoms with Gasteiger partial charge in [-0.05, 0) is 35.7 Å². The lowest BCUT2D eigenvalue weighted by Gasteiger charge is -2.13. The van der Waals surface area contributed by atoms with Crippen molar-refractivity contribution in [3.63, 3.8) is 0 Å². The number of sulfonamides is 1. The molecular weight excluding hydrogens is 318 g/mol. The molecule has 0 fully saturated rings. The second-order valence-corrected chi connectivity index (χ2v) is 7.96. The van der Waals surface area contributed by atoms with Crippen LogP contribution in [0.15, 0.2) is 46.9 Å². The van der Waals surface area contributed by atoms with Crippen LogP contribution in [0.5, 0.6) is 0 Å². The summed E-state index contributed by atoms with van der Waals surface area (Å²) in [7, 11) is -1.83. The molecule has 2 heterocycles. The Kier molecular flexibility index (Phi) is 4.03. The lowest BCUT2D eigenvalue weighted by Crippen LogP contribution is -2.33. The van der Waals surface area contributed by atoms with Crippen molar-refractivity contribution in [2.24, 2.45) is 7.05 Å². The molecule has 5 nitrogen and oxygen atoms in total. The third kappa shape index (κ3) is 3.06. The van der Waals surface area contributed by atoms with Crippen molar-refractivity contribution in [1.29, 1.82) is 0 Å². The van der Waals surface area contributed by atoms with Crippen LogP contribution in [0.2, 0.25) is 0 Å². The molecule has 2 aromatic heterocycles. The molecular formula is C15H17N3O2S2. The van der Waals surface area contributed by atoms with Gasteiger partial charge in [-0.3, -0.25) is 4.68 Å². The van der Waals surface area contributed by atoms with Crippen LogP contribution in [-0.2, 0) is 23.5 Å². The number of rotatable bonds is 5. The molecule has 0 saturated heterocycles. The van der Waals surface area contributed by atoms with Gasteiger partial charge in [-0.1, -0.05) is 18.2 Å². The Hall–Kier alpha value is -1.70. The summed E-state index contributed by atoms with van der Waals surface area (Å²) >= 11 is 1.68. The molecule has 1 aromatic carbocycles. The van der Waals surface area contributed by atoms with Crippen LogP contribution in [0.4, 0.5) is 0 Å². The molecule has 1 atom stereocenters. The number of aryl methyl sites for hydroxylation is 1. The zero-order valence-corrected chi connectivity index (χ0v) is 14.0. The number of hydrogen-bond donors (Lipinski definition) is 1. The molecule has 0 amide bonds. The van der Waals surface area contributed by atoms with Crippen molar-refractivity contribution in [2.75, 3.05) is 0 Å². The SMILES string of the molecule is C[C@H](Cc1csc2ccccc12)NS(=O)(=O)c1cnn(C)c1. The minimum absolute atomic E-state index is 0.191. The van der Waals surface area contributed by atoms with Crippen molar-refractivity contribution in [3.05, 3.63) is 47.6 Å². The van der Waals surface area contributed by atoms with E-state index < -0.39 is 10.0 Å². The van der Waals surface area contributed by atoms with Gasteiger partial charge in [0.25, 0.3) is 0 Å². The van der Waals surface area contributed by atoms with Gasteiger partial charge in [0.2, 0.25) is 10.0 Å². The number of benzene rings is 1. The van der Waals surface area contributed by atoms with Crippen LogP contribution in [0.1, 0.15) is 12.5 Å². The molecule has 0 radical (unpaired) electrons. The van der Waals surface area contributed by atoms with Gasteiger partial charge in [-0.25, -0.2) is 13.1 Å². The second-order valence-electron chi connectivity index (χ2n) is 5.33. The fourth-order valence-electron chi connectivity index (χ4n) is 2.43. The predicted molar refractivity (Wildman–Crippen MR) is 88.5 cm³/mol. The fourth-order valence-corrected chi connectivity index (χ4v) is 4.63. The maximum atomic E-state index is 12.3. The third-order valence-corrected chi connectivity index (χ3v) is 5.99. The van der Waals surface area contributed by atoms with E-state index in [0.29, 0.717) is 6.42 Å². The summed E-state index contributed by atoms with van der Waals surface area (Å²) in [5, 5.41) is 7.20. The summed E-state index contributed by atoms with van der Waals surface area (Å²) in [6.45, 7) is 1.88. The van der Waals surface area contributed by atoms with Crippen LogP contribution in [0.25, 0.3) is 10.1 Å². The zero-order chi connectivity index (χ0) is 15.7. The fraction of sp³-hybridized carbons (Fsp3) is 0.267. The molecule has 116 valence electrons. The van der Waals surface area contributed by atoms with Crippen molar-refractivity contribution in [3.8, 4) is 0 Å². The van der Waals surface area contributed by atoms with Gasteiger partial charge < -0.3 is 0 Å². The van der Waals surface area contributed by atoms with E-state index in [0.717, 1.165) is 0 Å². The zero-order valence-electron chi connectivity index (χ0n) is 12.4. The highest BCUT2D eigenvalue weighted by atomic mass is 32.2. The Morgan fingerprint density at radius 1 is 1.36 bits per heavy atom. The molecule has 0 aliphatic rings. The monoisotopic (exact) mass is 335 g/mol. The molecule has 3 aromatic rings. The first-order valence-corrected chi connectivity index (χ1v) is 9.28. The summed E-state index contributed by atoms with van der Waals surface area (Å²) in [6, 6.07) is 7.97. The summed E-state index contributed by atoms with van der Waals surface area (Å²) < 4.78 is 30.0. The Morgan fingerprint density at radius 2 is 2.14 bits per heavy atom. The average molecular weight is 335 g/mol. The Bertz CT molecular complexity index is 896. The van der Waals surface area contributed by atoms with Crippen molar-refractivity contribution in [1.82, 2.24) is 14.5 Å². The van der Waals surface area contributed by atoms with Crippen LogP contribution < -0.4 is 4.72 Å². The largest absolute Gasteiger partial charge is 0.274 e. The molecule has 0 aliphatic carbocycles. The van der Waals surface area contributed by atoms with Gasteiger partial charge in [0, 0.05) is 24.0 Å². The summed E-state index contributed by atoms with van der Waals surface area (Å²) in [6.07, 6.45) is 3.51. The maximum absolute atomic E-state index is 12.3. The lowest BCUT2D eigenvalue weighted by molar-refractivity contribution is 0.560. The van der Waals surface area contributed by atoms with Crippen LogP contribution in [-0.4, -0.2) is 24.2 Å². The van der Waals surface area contributed by atoms with Gasteiger partial charge in [-0.15, -0.1) is 11.3 Å². The first-order valence-electron chi connectivity index (χ1n) is 6.92. The van der Waals surface area contributed by atoms with E-state index in [1.807, 2.05) is 19.1 Å². The van der Waals surface area contributed by atoms with Crippen molar-refractivity contribution < 1.29 is 8.42 Å². The minimum Gasteiger partial charge on any atom is -0.274 e. The number of nitrogens with zero attached hydrogens (tertiary/aromatic N) is 2. The van der Waals surface area contributed by atoms with Gasteiger partial charge in [0.1, 0.15) is 4.90 Å². The highest BCUT2D eigenvalue weighted by Gasteiger charge is 2.19. The second kappa shape index (κ2) is 5.83. The summed E-state index contributed by atoms with van der Waals surface area (Å²) in [5.41, 5.74) is 1.17. The predicted octanol–water partition coefficient (Wildman–Crippen LogP) is 2.54. The number of thiophene rings is 1. The van der Waals surface area contributed by atoms with Gasteiger partial charge >= 0.3 is 0 Å². The highest BCUT2D eigenvalue weighted by Crippen LogP contribution is 2.26. The van der Waals surface area contributed by atoms with Crippen molar-refractivity contribution >= 4 is 31.4 Å². The van der Waals surface area contributed by atoms with Gasteiger partial charge in [-0.2, -0.15) is 5.10 Å². The third-order valence-electron chi connectivity index (χ3n) is 3.44. The molecule has 0 spiro atoms. The minimum atomic E-state index is -3.53. The molecule has 0 bridgehead atoms. The summed E-state index contributed by atoms with van der Waals surface area (Å²) in [5.74, 6) is 0. The van der Waals surface area contributed by atoms with Crippen LogP contribution in [0, 0.1) is 0 Å². The number of aromatic nitrogens is 2. The van der Waals surface area contributed by atoms with E-state index in [2.05, 4.69) is 27.3 Å². The summed E-state index contributed by atoms with van der Waals surface area (Å²) in [4.78, 5) is 0.192. The molecule has 7 heteroatoms. The Balaban J connectivity index is 1.76. The normalized spacial score (nSPS) is 13.5. The molecule has 22 heavy (non-hydrogen) atoms. The first-order chi connectivity index (χ1) is 10.5. The van der Waals surface area contributed by atoms with E-state index in [-0.39, 0.29) is 10.9 Å². The Morgan fingerprint density at radius 3 is 2.86 bits per heavy atom.